The van der Waals surface area contributed by atoms with Crippen molar-refractivity contribution < 1.29 is 4.94 Å². The van der Waals surface area contributed by atoms with Crippen LogP contribution < -0.4 is 22.0 Å². The monoisotopic (exact) mass is 811 g/mol. The van der Waals surface area contributed by atoms with Crippen LogP contribution in [0.3, 0.4) is 0 Å². The fourth-order valence-corrected chi connectivity index (χ4v) is 9.87. The maximum absolute atomic E-state index is 6.82. The number of aryl methyl sites for hydroxylation is 1. The minimum Gasteiger partial charge on any atom is -0.399 e. The summed E-state index contributed by atoms with van der Waals surface area (Å²) < 4.78 is 0. The Hall–Kier alpha value is -4.49. The largest absolute Gasteiger partial charge is 0.399 e. The number of hydrogen-bond acceptors (Lipinski definition) is 6. The molecule has 1 aliphatic heterocycles. The maximum Gasteiger partial charge on any atom is 0.0624 e. The highest BCUT2D eigenvalue weighted by atomic mass is 32.1. The number of anilines is 1. The van der Waals surface area contributed by atoms with Gasteiger partial charge in [-0.05, 0) is 144 Å². The van der Waals surface area contributed by atoms with E-state index in [0.29, 0.717) is 11.6 Å². The van der Waals surface area contributed by atoms with Crippen molar-refractivity contribution >= 4 is 35.7 Å². The van der Waals surface area contributed by atoms with Crippen molar-refractivity contribution in [2.75, 3.05) is 17.2 Å². The van der Waals surface area contributed by atoms with E-state index >= 15 is 0 Å². The number of allylic oxidation sites excluding steroid dienone is 15. The van der Waals surface area contributed by atoms with Crippen molar-refractivity contribution in [1.82, 2.24) is 5.48 Å². The van der Waals surface area contributed by atoms with E-state index in [9.17, 15) is 0 Å². The molecule has 0 spiro atoms. The summed E-state index contributed by atoms with van der Waals surface area (Å²) in [6.07, 6.45) is 32.7. The first-order valence-electron chi connectivity index (χ1n) is 21.7. The molecule has 0 aromatic heterocycles. The second kappa shape index (κ2) is 20.7. The van der Waals surface area contributed by atoms with Gasteiger partial charge in [-0.25, -0.2) is 5.48 Å². The van der Waals surface area contributed by atoms with Crippen molar-refractivity contribution in [3.8, 4) is 0 Å². The third-order valence-corrected chi connectivity index (χ3v) is 12.8. The molecule has 59 heavy (non-hydrogen) atoms. The number of hydroxylamine groups is 1. The van der Waals surface area contributed by atoms with Crippen molar-refractivity contribution in [2.45, 2.75) is 105 Å². The summed E-state index contributed by atoms with van der Waals surface area (Å²) in [5, 5.41) is 0. The van der Waals surface area contributed by atoms with Gasteiger partial charge in [0.25, 0.3) is 0 Å². The second-order valence-corrected chi connectivity index (χ2v) is 18.0. The lowest BCUT2D eigenvalue weighted by molar-refractivity contribution is 0.0798. The number of fused-ring (bicyclic) bond motifs is 1. The molecule has 2 unspecified atom stereocenters. The molecule has 0 radical (unpaired) electrons. The summed E-state index contributed by atoms with van der Waals surface area (Å²) >= 11 is 4.57. The highest BCUT2D eigenvalue weighted by Crippen LogP contribution is 2.52. The van der Waals surface area contributed by atoms with E-state index in [1.165, 1.54) is 50.4 Å². The zero-order chi connectivity index (χ0) is 42.7. The van der Waals surface area contributed by atoms with E-state index in [1.807, 2.05) is 18.2 Å². The summed E-state index contributed by atoms with van der Waals surface area (Å²) in [6, 6.07) is 13.4. The molecule has 6 heteroatoms. The SMILES string of the molecule is C=C1/C=C\C=C/C(C)/C(C(C)(C)C/C=C/C2=C(c3ccc(C(=C)NON)cc3)C(C/C=C3\N(CCCCS)c4ccc(CC)c(/C=C\C)c4C3(C)C)CCC2)=C(N)\C=C/1. The summed E-state index contributed by atoms with van der Waals surface area (Å²) in [7, 11) is 0. The predicted octanol–water partition coefficient (Wildman–Crippen LogP) is 13.0. The Morgan fingerprint density at radius 3 is 2.53 bits per heavy atom. The smallest absolute Gasteiger partial charge is 0.0624 e. The fourth-order valence-electron chi connectivity index (χ4n) is 9.65. The van der Waals surface area contributed by atoms with Crippen LogP contribution in [0.25, 0.3) is 17.3 Å². The van der Waals surface area contributed by atoms with Gasteiger partial charge in [-0.3, -0.25) is 0 Å². The van der Waals surface area contributed by atoms with Gasteiger partial charge in [-0.15, -0.1) is 0 Å². The topological polar surface area (TPSA) is 76.5 Å². The third-order valence-electron chi connectivity index (χ3n) is 12.5. The van der Waals surface area contributed by atoms with E-state index in [2.05, 4.69) is 175 Å². The quantitative estimate of drug-likeness (QED) is 0.0772. The Morgan fingerprint density at radius 1 is 1.07 bits per heavy atom. The standard InChI is InChI=1S/C53H70N4OS/c1-10-18-45-40(11-2)29-32-47-51(45)53(8,9)48(57(47)35-14-15-36-59)33-30-43-22-16-21-42(49(43)44-27-25-41(26-28-44)39(5)56-58-55)23-17-34-52(6,7)50-38(4)20-13-12-19-37(3)24-31-46(50)54/h10,12-13,17-20,23-29,31-33,38,43,56,59H,3,5,11,14-16,21-22,30,34-36,54-55H2,1-2,4,6-9H3/b18-10-,19-12-,20-13-,23-17+,31-24-,48-33-,50-46-. The molecule has 1 heterocycles. The Labute approximate surface area is 362 Å². The van der Waals surface area contributed by atoms with Crippen LogP contribution in [-0.4, -0.2) is 12.3 Å². The Morgan fingerprint density at radius 2 is 1.83 bits per heavy atom. The minimum absolute atomic E-state index is 0.139. The molecule has 314 valence electrons. The number of rotatable bonds is 16. The molecular formula is C53H70N4OS. The number of hydrogen-bond donors (Lipinski definition) is 4. The highest BCUT2D eigenvalue weighted by molar-refractivity contribution is 7.80. The van der Waals surface area contributed by atoms with Gasteiger partial charge in [-0.1, -0.05) is 146 Å². The predicted molar refractivity (Wildman–Crippen MR) is 259 cm³/mol. The van der Waals surface area contributed by atoms with E-state index in [0.717, 1.165) is 80.5 Å². The molecule has 0 saturated heterocycles. The average Bonchev–Trinajstić information content (AvgIpc) is 3.42. The van der Waals surface area contributed by atoms with Crippen LogP contribution >= 0.6 is 12.6 Å². The van der Waals surface area contributed by atoms with E-state index in [4.69, 9.17) is 11.6 Å². The van der Waals surface area contributed by atoms with Gasteiger partial charge < -0.3 is 10.6 Å². The van der Waals surface area contributed by atoms with Gasteiger partial charge in [0.05, 0.1) is 5.70 Å². The summed E-state index contributed by atoms with van der Waals surface area (Å²) in [4.78, 5) is 7.31. The van der Waals surface area contributed by atoms with Gasteiger partial charge in [0.1, 0.15) is 0 Å². The van der Waals surface area contributed by atoms with Crippen LogP contribution in [-0.2, 0) is 16.8 Å². The van der Waals surface area contributed by atoms with Gasteiger partial charge >= 0.3 is 0 Å². The van der Waals surface area contributed by atoms with Crippen LogP contribution in [0, 0.1) is 17.3 Å². The van der Waals surface area contributed by atoms with Crippen LogP contribution in [0.1, 0.15) is 121 Å². The average molecular weight is 811 g/mol. The first kappa shape index (κ1) is 45.6. The Bertz CT molecular complexity index is 2080. The molecule has 5 N–H and O–H groups in total. The lowest BCUT2D eigenvalue weighted by Gasteiger charge is -2.32. The number of nitrogens with zero attached hydrogens (tertiary/aromatic N) is 1. The lowest BCUT2D eigenvalue weighted by Crippen LogP contribution is -2.27. The van der Waals surface area contributed by atoms with E-state index < -0.39 is 0 Å². The van der Waals surface area contributed by atoms with E-state index in [1.54, 1.807) is 0 Å². The van der Waals surface area contributed by atoms with Crippen LogP contribution in [0.4, 0.5) is 5.69 Å². The number of nitrogens with two attached hydrogens (primary N) is 2. The zero-order valence-electron chi connectivity index (χ0n) is 36.9. The number of unbranched alkanes of at least 4 members (excludes halogenated alkanes) is 1. The van der Waals surface area contributed by atoms with Gasteiger partial charge in [0.15, 0.2) is 0 Å². The first-order valence-corrected chi connectivity index (χ1v) is 22.3. The molecule has 3 aliphatic rings. The molecule has 0 amide bonds. The lowest BCUT2D eigenvalue weighted by atomic mass is 9.73. The number of thiol groups is 1. The normalized spacial score (nSPS) is 23.3. The van der Waals surface area contributed by atoms with Crippen molar-refractivity contribution in [3.05, 3.63) is 166 Å². The first-order chi connectivity index (χ1) is 28.3. The molecule has 0 saturated carbocycles. The number of nitrogens with one attached hydrogen (secondary N) is 1. The van der Waals surface area contributed by atoms with Crippen LogP contribution in [0.5, 0.6) is 0 Å². The number of benzene rings is 2. The van der Waals surface area contributed by atoms with Crippen molar-refractivity contribution in [2.24, 2.45) is 28.9 Å². The Balaban J connectivity index is 1.56. The van der Waals surface area contributed by atoms with Gasteiger partial charge in [-0.2, -0.15) is 23.5 Å². The zero-order valence-corrected chi connectivity index (χ0v) is 37.8. The molecule has 5 rings (SSSR count). The van der Waals surface area contributed by atoms with Crippen LogP contribution in [0.2, 0.25) is 0 Å². The van der Waals surface area contributed by atoms with Crippen LogP contribution in [0.15, 0.2) is 138 Å². The molecule has 0 bridgehead atoms. The van der Waals surface area contributed by atoms with Crippen molar-refractivity contribution in [3.63, 3.8) is 0 Å². The molecule has 2 aromatic carbocycles. The molecular weight excluding hydrogens is 741 g/mol. The summed E-state index contributed by atoms with van der Waals surface area (Å²) in [6.45, 7) is 25.4. The molecule has 0 fully saturated rings. The van der Waals surface area contributed by atoms with Crippen molar-refractivity contribution in [1.29, 1.82) is 0 Å². The fraction of sp³-hybridized carbons (Fsp3) is 0.396. The summed E-state index contributed by atoms with van der Waals surface area (Å²) in [5.41, 5.74) is 24.9. The summed E-state index contributed by atoms with van der Waals surface area (Å²) in [5.74, 6) is 6.76. The molecule has 2 atom stereocenters. The molecule has 2 aromatic rings. The maximum atomic E-state index is 6.82. The third kappa shape index (κ3) is 10.6. The second-order valence-electron chi connectivity index (χ2n) is 17.5. The van der Waals surface area contributed by atoms with E-state index in [-0.39, 0.29) is 16.7 Å². The molecule has 2 aliphatic carbocycles. The molecule has 5 nitrogen and oxygen atoms in total. The Kier molecular flexibility index (Phi) is 16.0. The van der Waals surface area contributed by atoms with Gasteiger partial charge in [0.2, 0.25) is 0 Å². The minimum atomic E-state index is -0.166. The highest BCUT2D eigenvalue weighted by Gasteiger charge is 2.42. The van der Waals surface area contributed by atoms with Gasteiger partial charge in [0, 0.05) is 29.0 Å².